The Labute approximate surface area is 186 Å². The second kappa shape index (κ2) is 7.37. The molecule has 3 fully saturated rings. The van der Waals surface area contributed by atoms with Crippen LogP contribution in [0.2, 0.25) is 0 Å². The Balaban J connectivity index is 1.70. The third-order valence-corrected chi connectivity index (χ3v) is 9.79. The number of aliphatic carboxylic acids is 1. The van der Waals surface area contributed by atoms with E-state index < -0.39 is 52.2 Å². The van der Waals surface area contributed by atoms with Gasteiger partial charge in [-0.15, -0.1) is 11.6 Å². The summed E-state index contributed by atoms with van der Waals surface area (Å²) in [6.07, 6.45) is 0.755. The van der Waals surface area contributed by atoms with E-state index in [1.54, 1.807) is 13.0 Å². The van der Waals surface area contributed by atoms with E-state index in [1.165, 1.54) is 0 Å². The van der Waals surface area contributed by atoms with Gasteiger partial charge in [0.1, 0.15) is 11.7 Å². The highest BCUT2D eigenvalue weighted by Crippen LogP contribution is 2.68. The zero-order valence-corrected chi connectivity index (χ0v) is 18.6. The van der Waals surface area contributed by atoms with Crippen molar-refractivity contribution < 1.29 is 34.8 Å². The lowest BCUT2D eigenvalue weighted by molar-refractivity contribution is -0.186. The maximum absolute atomic E-state index is 13.0. The SMILES string of the molecule is C[C@]12C[C@H](O)[C@H]3[C@@H](CCC4=CC(=O)CC(Cl)[C@@]43C)[C@@H]1CC[C@]2(O)C(=O)C(O)CC(=O)O. The highest BCUT2D eigenvalue weighted by molar-refractivity contribution is 6.23. The van der Waals surface area contributed by atoms with Gasteiger partial charge in [-0.1, -0.05) is 19.4 Å². The first-order valence-electron chi connectivity index (χ1n) is 11.1. The van der Waals surface area contributed by atoms with Crippen molar-refractivity contribution in [2.75, 3.05) is 0 Å². The highest BCUT2D eigenvalue weighted by Gasteiger charge is 2.69. The number of Topliss-reactive ketones (excluding diaryl/α,β-unsaturated/α-hetero) is 1. The Morgan fingerprint density at radius 2 is 1.97 bits per heavy atom. The van der Waals surface area contributed by atoms with Crippen molar-refractivity contribution in [3.63, 3.8) is 0 Å². The molecular formula is C23H31ClO7. The number of alkyl halides is 1. The van der Waals surface area contributed by atoms with E-state index in [9.17, 15) is 29.7 Å². The fourth-order valence-corrected chi connectivity index (χ4v) is 8.07. The zero-order valence-electron chi connectivity index (χ0n) is 17.9. The van der Waals surface area contributed by atoms with Crippen molar-refractivity contribution >= 4 is 29.1 Å². The van der Waals surface area contributed by atoms with Crippen LogP contribution in [0.1, 0.15) is 58.8 Å². The van der Waals surface area contributed by atoms with Gasteiger partial charge in [0, 0.05) is 17.3 Å². The number of aliphatic hydroxyl groups is 3. The van der Waals surface area contributed by atoms with Crippen LogP contribution in [0.4, 0.5) is 0 Å². The van der Waals surface area contributed by atoms with Crippen molar-refractivity contribution in [1.82, 2.24) is 0 Å². The van der Waals surface area contributed by atoms with Gasteiger partial charge >= 0.3 is 5.97 Å². The summed E-state index contributed by atoms with van der Waals surface area (Å²) in [5.74, 6) is -2.44. The number of halogens is 1. The summed E-state index contributed by atoms with van der Waals surface area (Å²) >= 11 is 6.72. The summed E-state index contributed by atoms with van der Waals surface area (Å²) in [6.45, 7) is 3.81. The topological polar surface area (TPSA) is 132 Å². The Morgan fingerprint density at radius 3 is 2.61 bits per heavy atom. The van der Waals surface area contributed by atoms with E-state index in [0.717, 1.165) is 12.0 Å². The molecule has 0 bridgehead atoms. The number of rotatable bonds is 4. The molecular weight excluding hydrogens is 424 g/mol. The summed E-state index contributed by atoms with van der Waals surface area (Å²) in [6, 6.07) is 0. The molecule has 0 spiro atoms. The monoisotopic (exact) mass is 454 g/mol. The molecule has 4 aliphatic carbocycles. The molecule has 4 aliphatic rings. The van der Waals surface area contributed by atoms with Gasteiger partial charge in [-0.25, -0.2) is 0 Å². The molecule has 3 saturated carbocycles. The average molecular weight is 455 g/mol. The van der Waals surface area contributed by atoms with Gasteiger partial charge in [0.25, 0.3) is 0 Å². The minimum atomic E-state index is -1.89. The smallest absolute Gasteiger partial charge is 0.306 e. The predicted octanol–water partition coefficient (Wildman–Crippen LogP) is 1.84. The Bertz CT molecular complexity index is 855. The Hall–Kier alpha value is -1.28. The second-order valence-corrected chi connectivity index (χ2v) is 11.0. The van der Waals surface area contributed by atoms with Crippen LogP contribution in [0.3, 0.4) is 0 Å². The molecule has 4 N–H and O–H groups in total. The number of carboxylic acid groups (broad SMARTS) is 1. The van der Waals surface area contributed by atoms with Crippen molar-refractivity contribution in [3.8, 4) is 0 Å². The average Bonchev–Trinajstić information content (AvgIpc) is 2.93. The van der Waals surface area contributed by atoms with Crippen LogP contribution in [-0.2, 0) is 14.4 Å². The quantitative estimate of drug-likeness (QED) is 0.476. The van der Waals surface area contributed by atoms with E-state index in [2.05, 4.69) is 0 Å². The molecule has 172 valence electrons. The van der Waals surface area contributed by atoms with Crippen molar-refractivity contribution in [2.24, 2.45) is 28.6 Å². The third kappa shape index (κ3) is 3.07. The number of fused-ring (bicyclic) bond motifs is 5. The fraction of sp³-hybridized carbons (Fsp3) is 0.783. The molecule has 2 unspecified atom stereocenters. The van der Waals surface area contributed by atoms with Crippen LogP contribution in [0, 0.1) is 28.6 Å². The molecule has 0 aliphatic heterocycles. The number of hydrogen-bond acceptors (Lipinski definition) is 6. The number of allylic oxidation sites excluding steroid dienone is 1. The summed E-state index contributed by atoms with van der Waals surface area (Å²) in [7, 11) is 0. The lowest BCUT2D eigenvalue weighted by Crippen LogP contribution is -2.64. The number of carbonyl (C=O) groups is 3. The fourth-order valence-electron chi connectivity index (χ4n) is 7.63. The minimum absolute atomic E-state index is 0.00351. The van der Waals surface area contributed by atoms with Crippen molar-refractivity contribution in [1.29, 1.82) is 0 Å². The summed E-state index contributed by atoms with van der Waals surface area (Å²) in [5.41, 5.74) is -2.42. The highest BCUT2D eigenvalue weighted by atomic mass is 35.5. The van der Waals surface area contributed by atoms with E-state index >= 15 is 0 Å². The van der Waals surface area contributed by atoms with Crippen molar-refractivity contribution in [2.45, 2.75) is 82.0 Å². The summed E-state index contributed by atoms with van der Waals surface area (Å²) in [4.78, 5) is 36.1. The second-order valence-electron chi connectivity index (χ2n) is 10.5. The van der Waals surface area contributed by atoms with Gasteiger partial charge in [-0.3, -0.25) is 14.4 Å². The molecule has 0 aromatic carbocycles. The first-order chi connectivity index (χ1) is 14.4. The molecule has 0 aromatic rings. The predicted molar refractivity (Wildman–Crippen MR) is 111 cm³/mol. The standard InChI is InChI=1S/C23H31ClO7/c1-21-10-16(27)19-13(4-3-11-7-12(25)8-17(24)22(11,19)2)14(21)5-6-23(21,31)20(30)15(26)9-18(28)29/h7,13-17,19,26-27,31H,3-6,8-10H2,1-2H3,(H,28,29)/t13-,14-,15?,16-,17?,19+,21-,22+,23-/m0/s1. The largest absolute Gasteiger partial charge is 0.481 e. The van der Waals surface area contributed by atoms with Gasteiger partial charge in [0.2, 0.25) is 0 Å². The van der Waals surface area contributed by atoms with Gasteiger partial charge in [0.05, 0.1) is 17.9 Å². The van der Waals surface area contributed by atoms with Gasteiger partial charge in [-0.2, -0.15) is 0 Å². The lowest BCUT2D eigenvalue weighted by Gasteiger charge is -2.61. The summed E-state index contributed by atoms with van der Waals surface area (Å²) in [5, 5.41) is 41.5. The molecule has 0 amide bonds. The molecule has 0 radical (unpaired) electrons. The molecule has 0 aromatic heterocycles. The van der Waals surface area contributed by atoms with Crippen LogP contribution >= 0.6 is 11.6 Å². The van der Waals surface area contributed by atoms with Gasteiger partial charge < -0.3 is 20.4 Å². The van der Waals surface area contributed by atoms with Crippen LogP contribution in [0.5, 0.6) is 0 Å². The molecule has 8 heteroatoms. The number of aliphatic hydroxyl groups excluding tert-OH is 2. The van der Waals surface area contributed by atoms with Crippen LogP contribution in [-0.4, -0.2) is 61.1 Å². The number of carbonyl (C=O) groups excluding carboxylic acids is 2. The molecule has 4 rings (SSSR count). The van der Waals surface area contributed by atoms with E-state index in [4.69, 9.17) is 16.7 Å². The molecule has 7 nitrogen and oxygen atoms in total. The van der Waals surface area contributed by atoms with Crippen LogP contribution in [0.25, 0.3) is 0 Å². The molecule has 0 heterocycles. The molecule has 9 atom stereocenters. The number of hydrogen-bond donors (Lipinski definition) is 4. The van der Waals surface area contributed by atoms with Crippen LogP contribution in [0.15, 0.2) is 11.6 Å². The van der Waals surface area contributed by atoms with E-state index in [-0.39, 0.29) is 42.8 Å². The Kier molecular flexibility index (Phi) is 5.44. The zero-order chi connectivity index (χ0) is 22.9. The number of carboxylic acids is 1. The lowest BCUT2D eigenvalue weighted by atomic mass is 9.45. The minimum Gasteiger partial charge on any atom is -0.481 e. The van der Waals surface area contributed by atoms with E-state index in [0.29, 0.717) is 12.8 Å². The first kappa shape index (κ1) is 22.9. The summed E-state index contributed by atoms with van der Waals surface area (Å²) < 4.78 is 0. The maximum Gasteiger partial charge on any atom is 0.306 e. The Morgan fingerprint density at radius 1 is 1.29 bits per heavy atom. The van der Waals surface area contributed by atoms with E-state index in [1.807, 2.05) is 6.92 Å². The normalized spacial score (nSPS) is 47.6. The van der Waals surface area contributed by atoms with Gasteiger partial charge in [0.15, 0.2) is 11.6 Å². The van der Waals surface area contributed by atoms with Crippen molar-refractivity contribution in [3.05, 3.63) is 11.6 Å². The number of ketones is 2. The maximum atomic E-state index is 13.0. The molecule has 31 heavy (non-hydrogen) atoms. The third-order valence-electron chi connectivity index (χ3n) is 9.18. The van der Waals surface area contributed by atoms with Gasteiger partial charge in [-0.05, 0) is 55.9 Å². The van der Waals surface area contributed by atoms with Crippen LogP contribution < -0.4 is 0 Å². The molecule has 0 saturated heterocycles. The first-order valence-corrected chi connectivity index (χ1v) is 11.5.